The highest BCUT2D eigenvalue weighted by atomic mass is 19.1. The predicted octanol–water partition coefficient (Wildman–Crippen LogP) is 2.61. The van der Waals surface area contributed by atoms with E-state index >= 15 is 0 Å². The number of hydrogen-bond donors (Lipinski definition) is 4. The zero-order valence-corrected chi connectivity index (χ0v) is 15.4. The molecule has 8 heteroatoms. The molecule has 28 heavy (non-hydrogen) atoms. The first-order chi connectivity index (χ1) is 13.1. The van der Waals surface area contributed by atoms with Crippen molar-refractivity contribution in [3.05, 3.63) is 59.4 Å². The molecule has 0 radical (unpaired) electrons. The summed E-state index contributed by atoms with van der Waals surface area (Å²) in [6.45, 7) is 3.26. The van der Waals surface area contributed by atoms with Gasteiger partial charge in [0.2, 0.25) is 0 Å². The summed E-state index contributed by atoms with van der Waals surface area (Å²) in [5.41, 5.74) is 6.38. The number of aromatic hydroxyl groups is 2. The zero-order valence-electron chi connectivity index (χ0n) is 15.4. The van der Waals surface area contributed by atoms with Crippen LogP contribution >= 0.6 is 0 Å². The number of halogens is 1. The van der Waals surface area contributed by atoms with Gasteiger partial charge in [-0.1, -0.05) is 13.0 Å². The number of aliphatic carboxylic acids is 1. The fourth-order valence-corrected chi connectivity index (χ4v) is 2.96. The van der Waals surface area contributed by atoms with Crippen LogP contribution in [-0.2, 0) is 9.53 Å². The van der Waals surface area contributed by atoms with E-state index in [1.54, 1.807) is 13.8 Å². The fraction of sp³-hybridized carbons (Fsp3) is 0.300. The minimum atomic E-state index is -1.34. The van der Waals surface area contributed by atoms with Crippen LogP contribution < -0.4 is 5.73 Å². The van der Waals surface area contributed by atoms with Crippen LogP contribution in [0.2, 0.25) is 0 Å². The Morgan fingerprint density at radius 1 is 1.04 bits per heavy atom. The summed E-state index contributed by atoms with van der Waals surface area (Å²) in [6, 6.07) is 7.40. The third kappa shape index (κ3) is 4.77. The lowest BCUT2D eigenvalue weighted by Crippen LogP contribution is -2.42. The molecule has 1 unspecified atom stereocenters. The highest BCUT2D eigenvalue weighted by Gasteiger charge is 2.35. The number of rotatable bonds is 7. The first kappa shape index (κ1) is 21.2. The molecule has 2 aromatic rings. The van der Waals surface area contributed by atoms with E-state index in [0.717, 1.165) is 12.1 Å². The molecule has 0 saturated heterocycles. The number of carboxylic acid groups (broad SMARTS) is 1. The Hall–Kier alpha value is -3.13. The van der Waals surface area contributed by atoms with Gasteiger partial charge < -0.3 is 25.8 Å². The summed E-state index contributed by atoms with van der Waals surface area (Å²) >= 11 is 0. The number of ether oxygens (including phenoxy) is 1. The minimum absolute atomic E-state index is 0.154. The number of hydrogen-bond acceptors (Lipinski definition) is 6. The van der Waals surface area contributed by atoms with Gasteiger partial charge in [-0.25, -0.2) is 9.18 Å². The van der Waals surface area contributed by atoms with E-state index < -0.39 is 47.5 Å². The van der Waals surface area contributed by atoms with E-state index in [-0.39, 0.29) is 11.3 Å². The quantitative estimate of drug-likeness (QED) is 0.422. The van der Waals surface area contributed by atoms with Gasteiger partial charge in [-0.15, -0.1) is 0 Å². The van der Waals surface area contributed by atoms with Crippen LogP contribution in [0, 0.1) is 11.7 Å². The molecule has 0 heterocycles. The molecule has 0 aliphatic heterocycles. The van der Waals surface area contributed by atoms with Gasteiger partial charge in [0, 0.05) is 11.8 Å². The van der Waals surface area contributed by atoms with Crippen molar-refractivity contribution in [2.24, 2.45) is 11.7 Å². The molecule has 5 N–H and O–H groups in total. The summed E-state index contributed by atoms with van der Waals surface area (Å²) < 4.78 is 18.4. The number of carbonyl (C=O) groups excluding carboxylic acids is 1. The van der Waals surface area contributed by atoms with Gasteiger partial charge in [-0.05, 0) is 48.9 Å². The Labute approximate surface area is 161 Å². The van der Waals surface area contributed by atoms with Crippen molar-refractivity contribution >= 4 is 11.9 Å². The Bertz CT molecular complexity index is 854. The molecule has 4 atom stereocenters. The maximum Gasteiger partial charge on any atom is 0.338 e. The van der Waals surface area contributed by atoms with Crippen LogP contribution in [0.4, 0.5) is 4.39 Å². The SMILES string of the molecule is C[C@H](C(c1ccc(O)c(O)c1)[C@H](N)C(=O)O)[C@@H](C)OC(=O)c1ccc(F)cc1. The minimum Gasteiger partial charge on any atom is -0.504 e. The first-order valence-corrected chi connectivity index (χ1v) is 8.58. The van der Waals surface area contributed by atoms with Crippen molar-refractivity contribution in [3.8, 4) is 11.5 Å². The monoisotopic (exact) mass is 391 g/mol. The molecule has 0 spiro atoms. The predicted molar refractivity (Wildman–Crippen MR) is 98.6 cm³/mol. The third-order valence-corrected chi connectivity index (χ3v) is 4.74. The molecule has 0 fully saturated rings. The smallest absolute Gasteiger partial charge is 0.338 e. The Balaban J connectivity index is 2.26. The molecule has 0 amide bonds. The van der Waals surface area contributed by atoms with Crippen molar-refractivity contribution in [2.75, 3.05) is 0 Å². The largest absolute Gasteiger partial charge is 0.504 e. The molecule has 2 rings (SSSR count). The van der Waals surface area contributed by atoms with Crippen LogP contribution in [0.15, 0.2) is 42.5 Å². The van der Waals surface area contributed by atoms with Gasteiger partial charge in [0.25, 0.3) is 0 Å². The highest BCUT2D eigenvalue weighted by Crippen LogP contribution is 2.35. The van der Waals surface area contributed by atoms with Gasteiger partial charge in [-0.3, -0.25) is 4.79 Å². The molecule has 0 aliphatic rings. The first-order valence-electron chi connectivity index (χ1n) is 8.58. The van der Waals surface area contributed by atoms with Crippen LogP contribution in [0.5, 0.6) is 11.5 Å². The summed E-state index contributed by atoms with van der Waals surface area (Å²) in [4.78, 5) is 23.8. The average molecular weight is 391 g/mol. The molecule has 0 aromatic heterocycles. The summed E-state index contributed by atoms with van der Waals surface area (Å²) in [5.74, 6) is -4.58. The van der Waals surface area contributed by atoms with E-state index in [9.17, 15) is 29.3 Å². The standard InChI is InChI=1S/C20H22FNO6/c1-10(11(2)28-20(27)12-3-6-14(21)7-4-12)17(18(22)19(25)26)13-5-8-15(23)16(24)9-13/h3-11,17-18,23-24H,22H2,1-2H3,(H,25,26)/t10-,11+,17?,18-/m0/s1. The molecular formula is C20H22FNO6. The molecule has 0 aliphatic carbocycles. The number of carbonyl (C=O) groups is 2. The van der Waals surface area contributed by atoms with Crippen LogP contribution in [-0.4, -0.2) is 39.4 Å². The van der Waals surface area contributed by atoms with Crippen molar-refractivity contribution in [3.63, 3.8) is 0 Å². The Morgan fingerprint density at radius 3 is 2.18 bits per heavy atom. The lowest BCUT2D eigenvalue weighted by atomic mass is 9.79. The Kier molecular flexibility index (Phi) is 6.58. The zero-order chi connectivity index (χ0) is 21.0. The van der Waals surface area contributed by atoms with E-state index in [1.807, 2.05) is 0 Å². The average Bonchev–Trinajstić information content (AvgIpc) is 2.64. The van der Waals surface area contributed by atoms with Crippen LogP contribution in [0.3, 0.4) is 0 Å². The molecule has 2 aromatic carbocycles. The number of nitrogens with two attached hydrogens (primary N) is 1. The van der Waals surface area contributed by atoms with Gasteiger partial charge in [0.05, 0.1) is 5.56 Å². The number of benzene rings is 2. The number of carboxylic acids is 1. The van der Waals surface area contributed by atoms with Crippen molar-refractivity contribution in [2.45, 2.75) is 31.9 Å². The van der Waals surface area contributed by atoms with E-state index in [1.165, 1.54) is 30.3 Å². The van der Waals surface area contributed by atoms with E-state index in [0.29, 0.717) is 5.56 Å². The van der Waals surface area contributed by atoms with Gasteiger partial charge >= 0.3 is 11.9 Å². The lowest BCUT2D eigenvalue weighted by Gasteiger charge is -2.31. The number of phenols is 2. The second-order valence-corrected chi connectivity index (χ2v) is 6.61. The van der Waals surface area contributed by atoms with Crippen molar-refractivity contribution in [1.82, 2.24) is 0 Å². The number of esters is 1. The summed E-state index contributed by atoms with van der Waals surface area (Å²) in [7, 11) is 0. The van der Waals surface area contributed by atoms with E-state index in [4.69, 9.17) is 10.5 Å². The third-order valence-electron chi connectivity index (χ3n) is 4.74. The molecule has 0 saturated carbocycles. The Morgan fingerprint density at radius 2 is 1.64 bits per heavy atom. The maximum atomic E-state index is 13.0. The fourth-order valence-electron chi connectivity index (χ4n) is 2.96. The molecule has 150 valence electrons. The maximum absolute atomic E-state index is 13.0. The molecular weight excluding hydrogens is 369 g/mol. The molecule has 7 nitrogen and oxygen atoms in total. The second-order valence-electron chi connectivity index (χ2n) is 6.61. The van der Waals surface area contributed by atoms with Crippen molar-refractivity contribution < 1.29 is 34.0 Å². The lowest BCUT2D eigenvalue weighted by molar-refractivity contribution is -0.139. The van der Waals surface area contributed by atoms with Gasteiger partial charge in [0.15, 0.2) is 11.5 Å². The van der Waals surface area contributed by atoms with Crippen molar-refractivity contribution in [1.29, 1.82) is 0 Å². The summed E-state index contributed by atoms with van der Waals surface area (Å²) in [5, 5.41) is 28.6. The summed E-state index contributed by atoms with van der Waals surface area (Å²) in [6.07, 6.45) is -0.746. The molecule has 0 bridgehead atoms. The van der Waals surface area contributed by atoms with Gasteiger partial charge in [-0.2, -0.15) is 0 Å². The van der Waals surface area contributed by atoms with E-state index in [2.05, 4.69) is 0 Å². The number of phenolic OH excluding ortho intramolecular Hbond substituents is 2. The second kappa shape index (κ2) is 8.71. The van der Waals surface area contributed by atoms with Gasteiger partial charge in [0.1, 0.15) is 18.0 Å². The topological polar surface area (TPSA) is 130 Å². The highest BCUT2D eigenvalue weighted by molar-refractivity contribution is 5.89. The van der Waals surface area contributed by atoms with Crippen LogP contribution in [0.25, 0.3) is 0 Å². The normalized spacial score (nSPS) is 15.3. The van der Waals surface area contributed by atoms with Crippen LogP contribution in [0.1, 0.15) is 35.7 Å².